The summed E-state index contributed by atoms with van der Waals surface area (Å²) in [4.78, 5) is 24.6. The Morgan fingerprint density at radius 2 is 1.96 bits per heavy atom. The summed E-state index contributed by atoms with van der Waals surface area (Å²) < 4.78 is 0. The Kier molecular flexibility index (Phi) is 7.07. The number of hydrogen-bond acceptors (Lipinski definition) is 3. The van der Waals surface area contributed by atoms with E-state index in [1.807, 2.05) is 38.1 Å². The van der Waals surface area contributed by atoms with Crippen LogP contribution in [0.1, 0.15) is 45.1 Å². The summed E-state index contributed by atoms with van der Waals surface area (Å²) in [5, 5.41) is 9.44. The minimum absolute atomic E-state index is 0. The predicted molar refractivity (Wildman–Crippen MR) is 106 cm³/mol. The number of carbonyl (C=O) groups excluding carboxylic acids is 2. The van der Waals surface area contributed by atoms with Crippen molar-refractivity contribution < 1.29 is 9.59 Å². The first kappa shape index (κ1) is 20.7. The standard InChI is InChI=1S/C20H29N3O2.ClH/c1-14(2)18(24)23-17-8-6-15(7-9-17)11-22-19(25)20-10-4-3-5-16(20)12-21-13-20;/h6-9,14,16,21H,3-5,10-13H2,1-2H3,(H,22,25)(H,23,24);1H/t16-,20+;/m0./s1. The van der Waals surface area contributed by atoms with Gasteiger partial charge in [0, 0.05) is 24.7 Å². The van der Waals surface area contributed by atoms with Crippen molar-refractivity contribution in [3.8, 4) is 0 Å². The molecule has 3 N–H and O–H groups in total. The van der Waals surface area contributed by atoms with E-state index < -0.39 is 0 Å². The fourth-order valence-corrected chi connectivity index (χ4v) is 4.04. The van der Waals surface area contributed by atoms with Gasteiger partial charge in [0.05, 0.1) is 5.41 Å². The molecule has 144 valence electrons. The smallest absolute Gasteiger partial charge is 0.228 e. The predicted octanol–water partition coefficient (Wildman–Crippen LogP) is 3.10. The zero-order valence-electron chi connectivity index (χ0n) is 15.6. The molecule has 2 atom stereocenters. The normalized spacial score (nSPS) is 24.5. The van der Waals surface area contributed by atoms with E-state index in [-0.39, 0.29) is 35.6 Å². The quantitative estimate of drug-likeness (QED) is 0.736. The van der Waals surface area contributed by atoms with Crippen molar-refractivity contribution in [3.05, 3.63) is 29.8 Å². The second-order valence-corrected chi connectivity index (χ2v) is 7.75. The fourth-order valence-electron chi connectivity index (χ4n) is 4.04. The topological polar surface area (TPSA) is 70.2 Å². The van der Waals surface area contributed by atoms with Gasteiger partial charge in [-0.05, 0) is 43.0 Å². The highest BCUT2D eigenvalue weighted by Crippen LogP contribution is 2.43. The van der Waals surface area contributed by atoms with Gasteiger partial charge in [0.1, 0.15) is 0 Å². The van der Waals surface area contributed by atoms with Crippen LogP contribution in [0.3, 0.4) is 0 Å². The summed E-state index contributed by atoms with van der Waals surface area (Å²) in [6.07, 6.45) is 4.54. The molecule has 2 amide bonds. The summed E-state index contributed by atoms with van der Waals surface area (Å²) >= 11 is 0. The van der Waals surface area contributed by atoms with Crippen LogP contribution in [0.2, 0.25) is 0 Å². The molecule has 2 fully saturated rings. The molecule has 1 aliphatic heterocycles. The zero-order chi connectivity index (χ0) is 17.9. The van der Waals surface area contributed by atoms with E-state index in [0.29, 0.717) is 12.5 Å². The van der Waals surface area contributed by atoms with E-state index >= 15 is 0 Å². The molecule has 1 saturated carbocycles. The third-order valence-corrected chi connectivity index (χ3v) is 5.69. The van der Waals surface area contributed by atoms with Crippen LogP contribution >= 0.6 is 12.4 Å². The molecule has 0 radical (unpaired) electrons. The molecule has 0 aromatic heterocycles. The van der Waals surface area contributed by atoms with Crippen molar-refractivity contribution in [2.75, 3.05) is 18.4 Å². The van der Waals surface area contributed by atoms with Crippen molar-refractivity contribution in [2.45, 2.75) is 46.1 Å². The molecule has 2 aliphatic rings. The molecule has 1 saturated heterocycles. The Bertz CT molecular complexity index is 632. The van der Waals surface area contributed by atoms with Crippen molar-refractivity contribution in [2.24, 2.45) is 17.3 Å². The lowest BCUT2D eigenvalue weighted by Gasteiger charge is -2.37. The SMILES string of the molecule is CC(C)C(=O)Nc1ccc(CNC(=O)[C@@]23CCCC[C@H]2CNC3)cc1.Cl. The second-order valence-electron chi connectivity index (χ2n) is 7.75. The lowest BCUT2D eigenvalue weighted by Crippen LogP contribution is -2.47. The average Bonchev–Trinajstić information content (AvgIpc) is 3.06. The summed E-state index contributed by atoms with van der Waals surface area (Å²) in [5.74, 6) is 0.646. The number of rotatable bonds is 5. The van der Waals surface area contributed by atoms with E-state index in [9.17, 15) is 9.59 Å². The molecular weight excluding hydrogens is 350 g/mol. The van der Waals surface area contributed by atoms with Gasteiger partial charge in [0.15, 0.2) is 0 Å². The number of benzene rings is 1. The maximum absolute atomic E-state index is 12.9. The lowest BCUT2D eigenvalue weighted by atomic mass is 9.67. The average molecular weight is 380 g/mol. The molecule has 0 unspecified atom stereocenters. The zero-order valence-corrected chi connectivity index (χ0v) is 16.5. The van der Waals surface area contributed by atoms with E-state index in [4.69, 9.17) is 0 Å². The lowest BCUT2D eigenvalue weighted by molar-refractivity contribution is -0.134. The first-order valence-electron chi connectivity index (χ1n) is 9.40. The van der Waals surface area contributed by atoms with Crippen molar-refractivity contribution in [1.82, 2.24) is 10.6 Å². The van der Waals surface area contributed by atoms with E-state index in [2.05, 4.69) is 16.0 Å². The van der Waals surface area contributed by atoms with Gasteiger partial charge in [-0.3, -0.25) is 9.59 Å². The molecule has 0 spiro atoms. The van der Waals surface area contributed by atoms with Crippen LogP contribution in [0, 0.1) is 17.3 Å². The molecule has 3 rings (SSSR count). The van der Waals surface area contributed by atoms with Gasteiger partial charge in [-0.25, -0.2) is 0 Å². The van der Waals surface area contributed by atoms with Crippen molar-refractivity contribution in [1.29, 1.82) is 0 Å². The maximum Gasteiger partial charge on any atom is 0.228 e. The largest absolute Gasteiger partial charge is 0.351 e. The summed E-state index contributed by atoms with van der Waals surface area (Å²) in [6.45, 7) is 6.05. The highest BCUT2D eigenvalue weighted by Gasteiger charge is 2.49. The van der Waals surface area contributed by atoms with Gasteiger partial charge in [0.25, 0.3) is 0 Å². The van der Waals surface area contributed by atoms with E-state index in [0.717, 1.165) is 43.6 Å². The number of hydrogen-bond donors (Lipinski definition) is 3. The minimum atomic E-state index is -0.205. The Morgan fingerprint density at radius 1 is 1.23 bits per heavy atom. The van der Waals surface area contributed by atoms with Gasteiger partial charge in [-0.2, -0.15) is 0 Å². The van der Waals surface area contributed by atoms with Crippen LogP contribution in [-0.2, 0) is 16.1 Å². The van der Waals surface area contributed by atoms with Gasteiger partial charge < -0.3 is 16.0 Å². The molecule has 1 aromatic carbocycles. The van der Waals surface area contributed by atoms with Gasteiger partial charge >= 0.3 is 0 Å². The number of fused-ring (bicyclic) bond motifs is 1. The number of anilines is 1. The van der Waals surface area contributed by atoms with E-state index in [1.54, 1.807) is 0 Å². The first-order valence-corrected chi connectivity index (χ1v) is 9.40. The maximum atomic E-state index is 12.9. The van der Waals surface area contributed by atoms with Crippen LogP contribution in [-0.4, -0.2) is 24.9 Å². The molecule has 26 heavy (non-hydrogen) atoms. The van der Waals surface area contributed by atoms with Crippen LogP contribution in [0.15, 0.2) is 24.3 Å². The van der Waals surface area contributed by atoms with Crippen LogP contribution in [0.5, 0.6) is 0 Å². The highest BCUT2D eigenvalue weighted by molar-refractivity contribution is 5.92. The molecule has 1 heterocycles. The summed E-state index contributed by atoms with van der Waals surface area (Å²) in [7, 11) is 0. The molecule has 0 bridgehead atoms. The Hall–Kier alpha value is -1.59. The van der Waals surface area contributed by atoms with Gasteiger partial charge in [0.2, 0.25) is 11.8 Å². The number of amides is 2. The van der Waals surface area contributed by atoms with Crippen molar-refractivity contribution >= 4 is 29.9 Å². The second kappa shape index (κ2) is 8.87. The fraction of sp³-hybridized carbons (Fsp3) is 0.600. The molecule has 6 heteroatoms. The van der Waals surface area contributed by atoms with Gasteiger partial charge in [-0.15, -0.1) is 12.4 Å². The van der Waals surface area contributed by atoms with Crippen LogP contribution in [0.4, 0.5) is 5.69 Å². The van der Waals surface area contributed by atoms with Gasteiger partial charge in [-0.1, -0.05) is 38.8 Å². The highest BCUT2D eigenvalue weighted by atomic mass is 35.5. The molecule has 1 aliphatic carbocycles. The number of nitrogens with one attached hydrogen (secondary N) is 3. The number of halogens is 1. The molecule has 1 aromatic rings. The Morgan fingerprint density at radius 3 is 2.65 bits per heavy atom. The first-order chi connectivity index (χ1) is 12.0. The Labute approximate surface area is 162 Å². The summed E-state index contributed by atoms with van der Waals surface area (Å²) in [5.41, 5.74) is 1.63. The third kappa shape index (κ3) is 4.38. The number of carbonyl (C=O) groups is 2. The minimum Gasteiger partial charge on any atom is -0.351 e. The van der Waals surface area contributed by atoms with E-state index in [1.165, 1.54) is 6.42 Å². The monoisotopic (exact) mass is 379 g/mol. The van der Waals surface area contributed by atoms with Crippen molar-refractivity contribution in [3.63, 3.8) is 0 Å². The third-order valence-electron chi connectivity index (χ3n) is 5.69. The summed E-state index contributed by atoms with van der Waals surface area (Å²) in [6, 6.07) is 7.69. The molecular formula is C20H30ClN3O2. The molecule has 5 nitrogen and oxygen atoms in total. The Balaban J connectivity index is 0.00000243. The van der Waals surface area contributed by atoms with Crippen LogP contribution < -0.4 is 16.0 Å². The van der Waals surface area contributed by atoms with Crippen LogP contribution in [0.25, 0.3) is 0 Å².